The summed E-state index contributed by atoms with van der Waals surface area (Å²) < 4.78 is 6.15. The van der Waals surface area contributed by atoms with Gasteiger partial charge in [0.1, 0.15) is 5.75 Å². The molecule has 0 radical (unpaired) electrons. The standard InChI is InChI=1S/C13H20BrN3O/c1-9(6-13(15)16)17(2)8-10-4-5-12(18-3)11(14)7-10/h4-5,7,9H,6,8H2,1-3H3,(H3,15,16). The first-order valence-corrected chi connectivity index (χ1v) is 6.59. The smallest absolute Gasteiger partial charge is 0.133 e. The molecule has 0 amide bonds. The van der Waals surface area contributed by atoms with Gasteiger partial charge in [-0.05, 0) is 47.6 Å². The maximum Gasteiger partial charge on any atom is 0.133 e. The molecule has 1 aromatic carbocycles. The Morgan fingerprint density at radius 3 is 2.72 bits per heavy atom. The summed E-state index contributed by atoms with van der Waals surface area (Å²) in [5.74, 6) is 1.06. The van der Waals surface area contributed by atoms with Gasteiger partial charge < -0.3 is 10.5 Å². The summed E-state index contributed by atoms with van der Waals surface area (Å²) in [5, 5.41) is 7.31. The number of nitrogens with one attached hydrogen (secondary N) is 1. The van der Waals surface area contributed by atoms with Gasteiger partial charge in [0.15, 0.2) is 0 Å². The highest BCUT2D eigenvalue weighted by Crippen LogP contribution is 2.26. The Balaban J connectivity index is 2.67. The van der Waals surface area contributed by atoms with Crippen LogP contribution in [-0.4, -0.2) is 30.9 Å². The first-order valence-electron chi connectivity index (χ1n) is 5.79. The van der Waals surface area contributed by atoms with Crippen molar-refractivity contribution in [2.24, 2.45) is 5.73 Å². The first kappa shape index (κ1) is 15.0. The predicted molar refractivity (Wildman–Crippen MR) is 78.2 cm³/mol. The monoisotopic (exact) mass is 313 g/mol. The summed E-state index contributed by atoms with van der Waals surface area (Å²) in [5.41, 5.74) is 6.61. The topological polar surface area (TPSA) is 62.3 Å². The highest BCUT2D eigenvalue weighted by Gasteiger charge is 2.11. The van der Waals surface area contributed by atoms with Gasteiger partial charge in [0.2, 0.25) is 0 Å². The lowest BCUT2D eigenvalue weighted by molar-refractivity contribution is 0.254. The molecule has 0 fully saturated rings. The number of rotatable bonds is 6. The summed E-state index contributed by atoms with van der Waals surface area (Å²) in [7, 11) is 3.69. The second-order valence-electron chi connectivity index (χ2n) is 4.46. The molecule has 0 aliphatic carbocycles. The molecule has 3 N–H and O–H groups in total. The van der Waals surface area contributed by atoms with Gasteiger partial charge in [-0.3, -0.25) is 10.3 Å². The maximum atomic E-state index is 7.31. The van der Waals surface area contributed by atoms with Crippen molar-refractivity contribution >= 4 is 21.8 Å². The molecule has 0 saturated heterocycles. The first-order chi connectivity index (χ1) is 8.43. The van der Waals surface area contributed by atoms with Gasteiger partial charge in [0.25, 0.3) is 0 Å². The van der Waals surface area contributed by atoms with Crippen molar-refractivity contribution in [3.63, 3.8) is 0 Å². The molecule has 18 heavy (non-hydrogen) atoms. The van der Waals surface area contributed by atoms with Crippen LogP contribution in [0.1, 0.15) is 18.9 Å². The van der Waals surface area contributed by atoms with Crippen LogP contribution in [0, 0.1) is 5.41 Å². The second kappa shape index (κ2) is 6.75. The van der Waals surface area contributed by atoms with Crippen LogP contribution in [0.4, 0.5) is 0 Å². The lowest BCUT2D eigenvalue weighted by atomic mass is 10.1. The van der Waals surface area contributed by atoms with E-state index in [1.165, 1.54) is 5.56 Å². The van der Waals surface area contributed by atoms with E-state index in [0.29, 0.717) is 6.42 Å². The highest BCUT2D eigenvalue weighted by molar-refractivity contribution is 9.10. The van der Waals surface area contributed by atoms with E-state index in [1.54, 1.807) is 7.11 Å². The number of benzene rings is 1. The highest BCUT2D eigenvalue weighted by atomic mass is 79.9. The van der Waals surface area contributed by atoms with Gasteiger partial charge in [0, 0.05) is 19.0 Å². The van der Waals surface area contributed by atoms with E-state index in [1.807, 2.05) is 19.2 Å². The molecule has 0 heterocycles. The van der Waals surface area contributed by atoms with Crippen LogP contribution in [0.3, 0.4) is 0 Å². The van der Waals surface area contributed by atoms with Crippen molar-refractivity contribution in [2.75, 3.05) is 14.2 Å². The van der Waals surface area contributed by atoms with Gasteiger partial charge in [-0.15, -0.1) is 0 Å². The third kappa shape index (κ3) is 4.31. The summed E-state index contributed by atoms with van der Waals surface area (Å²) in [4.78, 5) is 2.18. The molecule has 0 saturated carbocycles. The largest absolute Gasteiger partial charge is 0.496 e. The zero-order valence-corrected chi connectivity index (χ0v) is 12.6. The van der Waals surface area contributed by atoms with Crippen LogP contribution < -0.4 is 10.5 Å². The van der Waals surface area contributed by atoms with Crippen molar-refractivity contribution in [1.82, 2.24) is 4.90 Å². The number of hydrogen-bond donors (Lipinski definition) is 2. The lowest BCUT2D eigenvalue weighted by Crippen LogP contribution is -2.32. The van der Waals surface area contributed by atoms with Gasteiger partial charge in [-0.1, -0.05) is 6.07 Å². The molecule has 0 spiro atoms. The summed E-state index contributed by atoms with van der Waals surface area (Å²) in [6.45, 7) is 2.89. The Bertz CT molecular complexity index is 423. The average molecular weight is 314 g/mol. The maximum absolute atomic E-state index is 7.31. The summed E-state index contributed by atoms with van der Waals surface area (Å²) in [6, 6.07) is 6.29. The summed E-state index contributed by atoms with van der Waals surface area (Å²) in [6.07, 6.45) is 0.591. The Morgan fingerprint density at radius 1 is 1.56 bits per heavy atom. The van der Waals surface area contributed by atoms with E-state index in [9.17, 15) is 0 Å². The Morgan fingerprint density at radius 2 is 2.22 bits per heavy atom. The van der Waals surface area contributed by atoms with E-state index in [0.717, 1.165) is 16.8 Å². The molecule has 1 unspecified atom stereocenters. The van der Waals surface area contributed by atoms with Crippen LogP contribution in [0.2, 0.25) is 0 Å². The Hall–Kier alpha value is -1.07. The molecule has 0 aliphatic rings. The van der Waals surface area contributed by atoms with Crippen molar-refractivity contribution in [2.45, 2.75) is 25.9 Å². The Labute approximate surface area is 117 Å². The van der Waals surface area contributed by atoms with Crippen molar-refractivity contribution < 1.29 is 4.74 Å². The third-order valence-electron chi connectivity index (χ3n) is 2.92. The van der Waals surface area contributed by atoms with E-state index >= 15 is 0 Å². The molecule has 100 valence electrons. The fourth-order valence-electron chi connectivity index (χ4n) is 1.73. The van der Waals surface area contributed by atoms with Crippen LogP contribution in [-0.2, 0) is 6.54 Å². The minimum absolute atomic E-state index is 0.227. The van der Waals surface area contributed by atoms with Crippen molar-refractivity contribution in [3.8, 4) is 5.75 Å². The summed E-state index contributed by atoms with van der Waals surface area (Å²) >= 11 is 3.48. The fourth-order valence-corrected chi connectivity index (χ4v) is 2.31. The molecule has 1 aromatic rings. The zero-order valence-electron chi connectivity index (χ0n) is 11.0. The van der Waals surface area contributed by atoms with Crippen LogP contribution in [0.25, 0.3) is 0 Å². The predicted octanol–water partition coefficient (Wildman–Crippen LogP) is 2.60. The van der Waals surface area contributed by atoms with Gasteiger partial charge in [-0.25, -0.2) is 0 Å². The fraction of sp³-hybridized carbons (Fsp3) is 0.462. The SMILES string of the molecule is COc1ccc(CN(C)C(C)CC(=N)N)cc1Br. The minimum atomic E-state index is 0.227. The minimum Gasteiger partial charge on any atom is -0.496 e. The molecule has 5 heteroatoms. The molecule has 0 bridgehead atoms. The zero-order chi connectivity index (χ0) is 13.7. The van der Waals surface area contributed by atoms with Crippen LogP contribution in [0.15, 0.2) is 22.7 Å². The quantitative estimate of drug-likeness (QED) is 0.627. The van der Waals surface area contributed by atoms with Crippen LogP contribution in [0.5, 0.6) is 5.75 Å². The number of nitrogens with two attached hydrogens (primary N) is 1. The van der Waals surface area contributed by atoms with Crippen LogP contribution >= 0.6 is 15.9 Å². The lowest BCUT2D eigenvalue weighted by Gasteiger charge is -2.24. The molecular formula is C13H20BrN3O. The normalized spacial score (nSPS) is 12.5. The Kier molecular flexibility index (Phi) is 5.62. The average Bonchev–Trinajstić information content (AvgIpc) is 2.28. The molecule has 4 nitrogen and oxygen atoms in total. The molecule has 0 aliphatic heterocycles. The number of amidine groups is 1. The molecule has 0 aromatic heterocycles. The van der Waals surface area contributed by atoms with Gasteiger partial charge >= 0.3 is 0 Å². The molecule has 1 atom stereocenters. The van der Waals surface area contributed by atoms with E-state index in [-0.39, 0.29) is 11.9 Å². The molecular weight excluding hydrogens is 294 g/mol. The second-order valence-corrected chi connectivity index (χ2v) is 5.32. The van der Waals surface area contributed by atoms with E-state index in [2.05, 4.69) is 33.8 Å². The van der Waals surface area contributed by atoms with Gasteiger partial charge in [0.05, 0.1) is 17.4 Å². The molecule has 1 rings (SSSR count). The number of methoxy groups -OCH3 is 1. The van der Waals surface area contributed by atoms with Crippen molar-refractivity contribution in [3.05, 3.63) is 28.2 Å². The number of nitrogens with zero attached hydrogens (tertiary/aromatic N) is 1. The van der Waals surface area contributed by atoms with Gasteiger partial charge in [-0.2, -0.15) is 0 Å². The third-order valence-corrected chi connectivity index (χ3v) is 3.54. The van der Waals surface area contributed by atoms with E-state index < -0.39 is 0 Å². The van der Waals surface area contributed by atoms with Crippen molar-refractivity contribution in [1.29, 1.82) is 5.41 Å². The number of hydrogen-bond acceptors (Lipinski definition) is 3. The van der Waals surface area contributed by atoms with E-state index in [4.69, 9.17) is 15.9 Å². The number of ether oxygens (including phenoxy) is 1. The number of halogens is 1.